The first-order valence-electron chi connectivity index (χ1n) is 43.9. The molecule has 0 bridgehead atoms. The van der Waals surface area contributed by atoms with Gasteiger partial charge < -0.3 is 48.1 Å². The summed E-state index contributed by atoms with van der Waals surface area (Å²) in [5.74, 6) is -0.113. The maximum atomic E-state index is 15.1. The van der Waals surface area contributed by atoms with Crippen LogP contribution in [-0.2, 0) is 92.4 Å². The number of nitrogens with one attached hydrogen (secondary N) is 1. The summed E-state index contributed by atoms with van der Waals surface area (Å²) in [6.07, 6.45) is 31.8. The smallest absolute Gasteiger partial charge is 0.294 e. The molecule has 8 rings (SSSR count). The number of ether oxygens (including phenoxy) is 8. The van der Waals surface area contributed by atoms with Crippen molar-refractivity contribution < 1.29 is 60.6 Å². The molecule has 18 heteroatoms. The molecule has 1 heterocycles. The Bertz CT molecular complexity index is 3740. The van der Waals surface area contributed by atoms with Gasteiger partial charge >= 0.3 is 0 Å². The fourth-order valence-corrected chi connectivity index (χ4v) is 15.9. The third kappa shape index (κ3) is 37.5. The van der Waals surface area contributed by atoms with E-state index in [0.29, 0.717) is 51.3 Å². The highest BCUT2D eigenvalue weighted by Crippen LogP contribution is 2.35. The van der Waals surface area contributed by atoms with E-state index in [2.05, 4.69) is 55.6 Å². The number of nitro benzene ring substituents is 1. The van der Waals surface area contributed by atoms with Gasteiger partial charge in [-0.1, -0.05) is 382 Å². The molecule has 8 atom stereocenters. The number of carbonyl (C=O) groups excluding carboxylic acids is 1. The van der Waals surface area contributed by atoms with Gasteiger partial charge in [-0.2, -0.15) is 8.42 Å². The van der Waals surface area contributed by atoms with Crippen molar-refractivity contribution in [3.63, 3.8) is 0 Å². The van der Waals surface area contributed by atoms with Crippen LogP contribution in [0.5, 0.6) is 0 Å². The van der Waals surface area contributed by atoms with Gasteiger partial charge in [0.25, 0.3) is 15.8 Å². The van der Waals surface area contributed by atoms with E-state index in [1.165, 1.54) is 121 Å². The summed E-state index contributed by atoms with van der Waals surface area (Å²) in [6.45, 7) is 7.51. The number of unbranched alkanes of at least 4 members (excludes halogenated alkanes) is 29. The Balaban J connectivity index is 0.994. The molecule has 115 heavy (non-hydrogen) atoms. The number of nitrogens with zero attached hydrogens (tertiary/aromatic N) is 2. The molecule has 0 aliphatic carbocycles. The summed E-state index contributed by atoms with van der Waals surface area (Å²) in [4.78, 5) is 28.4. The zero-order valence-electron chi connectivity index (χ0n) is 69.3. The van der Waals surface area contributed by atoms with Crippen LogP contribution < -0.4 is 10.2 Å². The van der Waals surface area contributed by atoms with Crippen LogP contribution in [0.4, 0.5) is 11.4 Å². The zero-order valence-corrected chi connectivity index (χ0v) is 70.2. The summed E-state index contributed by atoms with van der Waals surface area (Å²) in [5, 5.41) is 15.9. The molecule has 0 radical (unpaired) electrons. The van der Waals surface area contributed by atoms with Crippen LogP contribution in [0.3, 0.4) is 0 Å². The van der Waals surface area contributed by atoms with Gasteiger partial charge in [0.15, 0.2) is 6.29 Å². The minimum Gasteiger partial charge on any atom is -0.374 e. The van der Waals surface area contributed by atoms with E-state index in [1.807, 2.05) is 150 Å². The van der Waals surface area contributed by atoms with E-state index < -0.39 is 68.9 Å². The first kappa shape index (κ1) is 93.3. The lowest BCUT2D eigenvalue weighted by atomic mass is 9.97. The second-order valence-electron chi connectivity index (χ2n) is 31.4. The SMILES string of the molecule is CCCCCCCCCCCCCC[C@@H](OCc1ccccc1)[C@@H](OCc1ccccc1)[C@H](CO[C@H]1O[C@H](COCc2ccccc2)[C@H](OCc2ccccc2)[C@H](OCc2ccccc2)[C@H]1OCc1ccccc1)NC(=O)CCCCCCCCCCCN(CCCCCCCCCCCCC)c1ccc(S(=O)(=O)O)cc1[N+](=O)[O-]. The molecular formula is C97H137N3O14S. The van der Waals surface area contributed by atoms with Crippen LogP contribution >= 0.6 is 0 Å². The predicted molar refractivity (Wildman–Crippen MR) is 461 cm³/mol. The predicted octanol–water partition coefficient (Wildman–Crippen LogP) is 23.3. The molecule has 2 N–H and O–H groups in total. The Morgan fingerprint density at radius 1 is 0.452 bits per heavy atom. The number of hydrogen-bond donors (Lipinski definition) is 2. The van der Waals surface area contributed by atoms with Crippen molar-refractivity contribution in [2.45, 2.75) is 326 Å². The van der Waals surface area contributed by atoms with Crippen LogP contribution in [0.1, 0.15) is 266 Å². The number of benzene rings is 7. The van der Waals surface area contributed by atoms with Gasteiger partial charge in [-0.05, 0) is 71.2 Å². The van der Waals surface area contributed by atoms with Crippen LogP contribution in [0.2, 0.25) is 0 Å². The van der Waals surface area contributed by atoms with Gasteiger partial charge in [-0.25, -0.2) is 0 Å². The second kappa shape index (κ2) is 57.0. The molecule has 17 nitrogen and oxygen atoms in total. The quantitative estimate of drug-likeness (QED) is 0.0158. The van der Waals surface area contributed by atoms with E-state index in [4.69, 9.17) is 37.9 Å². The van der Waals surface area contributed by atoms with Crippen molar-refractivity contribution >= 4 is 27.4 Å². The zero-order chi connectivity index (χ0) is 80.9. The number of carbonyl (C=O) groups is 1. The molecule has 7 aromatic carbocycles. The number of anilines is 1. The Kier molecular flexibility index (Phi) is 46.3. The summed E-state index contributed by atoms with van der Waals surface area (Å²) in [7, 11) is -4.63. The van der Waals surface area contributed by atoms with Crippen molar-refractivity contribution in [2.24, 2.45) is 0 Å². The van der Waals surface area contributed by atoms with Crippen LogP contribution in [0, 0.1) is 10.1 Å². The summed E-state index contributed by atoms with van der Waals surface area (Å²) < 4.78 is 91.0. The first-order chi connectivity index (χ1) is 56.4. The Labute approximate surface area is 690 Å². The standard InChI is InChI=1S/C97H137N3O14S/c1-3-5-7-9-11-13-15-16-19-23-27-49-65-90(108-73-81-55-39-32-40-56-81)93(109-74-82-57-41-33-42-58-82)87(98-92(101)66-50-28-24-20-18-22-26-30-52-70-99(69-51-29-25-21-17-14-12-10-8-6-4-2)88-68-67-86(115(104,105)106)71-89(88)100(102)103)78-113-97-96(112-77-85-63-47-36-48-64-85)95(111-76-84-61-45-35-46-62-84)94(110-75-83-59-43-34-44-60-83)91(114-97)79-107-72-80-53-37-31-38-54-80/h31-48,53-64,67-68,71,87,90-91,93-97H,3-30,49-52,65-66,69-70,72-79H2,1-2H3,(H,98,101)(H,104,105,106)/t87-,90+,91+,93-,94-,95-,96+,97-/m0/s1. The number of amides is 1. The largest absolute Gasteiger partial charge is 0.374 e. The summed E-state index contributed by atoms with van der Waals surface area (Å²) in [6, 6.07) is 63.8. The molecule has 0 saturated carbocycles. The monoisotopic (exact) mass is 1600 g/mol. The van der Waals surface area contributed by atoms with E-state index in [9.17, 15) is 23.1 Å². The van der Waals surface area contributed by atoms with Gasteiger partial charge in [0, 0.05) is 25.6 Å². The molecule has 0 unspecified atom stereocenters. The van der Waals surface area contributed by atoms with Crippen LogP contribution in [-0.4, -0.2) is 99.1 Å². The lowest BCUT2D eigenvalue weighted by molar-refractivity contribution is -0.384. The fourth-order valence-electron chi connectivity index (χ4n) is 15.4. The van der Waals surface area contributed by atoms with Crippen molar-refractivity contribution in [2.75, 3.05) is 31.2 Å². The molecule has 0 aromatic heterocycles. The van der Waals surface area contributed by atoms with Gasteiger partial charge in [-0.15, -0.1) is 0 Å². The van der Waals surface area contributed by atoms with Gasteiger partial charge in [0.2, 0.25) is 5.91 Å². The minimum absolute atomic E-state index is 0.0370. The van der Waals surface area contributed by atoms with Crippen LogP contribution in [0.25, 0.3) is 0 Å². The molecule has 7 aromatic rings. The molecule has 630 valence electrons. The highest BCUT2D eigenvalue weighted by atomic mass is 32.2. The average Bonchev–Trinajstić information content (AvgIpc) is 0.793. The van der Waals surface area contributed by atoms with Gasteiger partial charge in [0.05, 0.1) is 69.9 Å². The first-order valence-corrected chi connectivity index (χ1v) is 45.4. The van der Waals surface area contributed by atoms with Crippen LogP contribution in [0.15, 0.2) is 205 Å². The highest BCUT2D eigenvalue weighted by molar-refractivity contribution is 7.85. The molecule has 1 aliphatic heterocycles. The highest BCUT2D eigenvalue weighted by Gasteiger charge is 2.50. The number of rotatable bonds is 65. The molecule has 1 fully saturated rings. The van der Waals surface area contributed by atoms with E-state index >= 15 is 4.79 Å². The summed E-state index contributed by atoms with van der Waals surface area (Å²) in [5.41, 5.74) is 6.02. The van der Waals surface area contributed by atoms with E-state index in [1.54, 1.807) is 0 Å². The summed E-state index contributed by atoms with van der Waals surface area (Å²) >= 11 is 0. The van der Waals surface area contributed by atoms with Crippen molar-refractivity contribution in [3.05, 3.63) is 244 Å². The maximum Gasteiger partial charge on any atom is 0.294 e. The minimum atomic E-state index is -4.63. The molecule has 1 aliphatic rings. The average molecular weight is 1600 g/mol. The Morgan fingerprint density at radius 2 is 0.826 bits per heavy atom. The third-order valence-corrected chi connectivity index (χ3v) is 22.8. The fraction of sp³-hybridized carbons (Fsp3) is 0.557. The number of hydrogen-bond acceptors (Lipinski definition) is 14. The normalized spacial score (nSPS) is 16.5. The maximum absolute atomic E-state index is 15.1. The molecule has 1 saturated heterocycles. The van der Waals surface area contributed by atoms with Crippen molar-refractivity contribution in [1.82, 2.24) is 5.32 Å². The molecule has 1 amide bonds. The van der Waals surface area contributed by atoms with Gasteiger partial charge in [-0.3, -0.25) is 19.5 Å². The lowest BCUT2D eigenvalue weighted by Gasteiger charge is -2.46. The Morgan fingerprint density at radius 3 is 1.25 bits per heavy atom. The number of nitro groups is 1. The van der Waals surface area contributed by atoms with Gasteiger partial charge in [0.1, 0.15) is 41.1 Å². The second-order valence-corrected chi connectivity index (χ2v) is 32.9. The topological polar surface area (TPSA) is 204 Å². The lowest BCUT2D eigenvalue weighted by Crippen LogP contribution is -2.62. The van der Waals surface area contributed by atoms with Crippen molar-refractivity contribution in [3.8, 4) is 0 Å². The molecule has 0 spiro atoms. The molecular weight excluding hydrogens is 1460 g/mol. The van der Waals surface area contributed by atoms with Crippen molar-refractivity contribution in [1.29, 1.82) is 0 Å². The van der Waals surface area contributed by atoms with E-state index in [0.717, 1.165) is 129 Å². The van der Waals surface area contributed by atoms with E-state index in [-0.39, 0.29) is 51.2 Å². The third-order valence-electron chi connectivity index (χ3n) is 22.0. The Hall–Kier alpha value is -7.20.